The quantitative estimate of drug-likeness (QED) is 0.669. The van der Waals surface area contributed by atoms with Gasteiger partial charge in [0.15, 0.2) is 0 Å². The van der Waals surface area contributed by atoms with Crippen molar-refractivity contribution in [3.8, 4) is 0 Å². The first-order valence-corrected chi connectivity index (χ1v) is 4.34. The van der Waals surface area contributed by atoms with Crippen molar-refractivity contribution in [3.05, 3.63) is 39.9 Å². The fourth-order valence-corrected chi connectivity index (χ4v) is 1.36. The van der Waals surface area contributed by atoms with E-state index in [0.717, 1.165) is 5.56 Å². The number of nitrogen functional groups attached to an aromatic ring is 1. The molecule has 0 fully saturated rings. The standard InChI is InChI=1S/C10H11N3O/c1-6-3-4-13-8(5-6)12-7(2)9(11)10(13)14/h3-5H,11H2,1-2H3. The van der Waals surface area contributed by atoms with E-state index >= 15 is 0 Å². The number of fused-ring (bicyclic) bond motifs is 1. The molecule has 0 aliphatic heterocycles. The number of anilines is 1. The number of nitrogens with two attached hydrogens (primary N) is 1. The van der Waals surface area contributed by atoms with E-state index in [0.29, 0.717) is 11.3 Å². The van der Waals surface area contributed by atoms with E-state index in [1.807, 2.05) is 19.1 Å². The van der Waals surface area contributed by atoms with Gasteiger partial charge in [-0.2, -0.15) is 0 Å². The van der Waals surface area contributed by atoms with Gasteiger partial charge in [0.1, 0.15) is 11.3 Å². The van der Waals surface area contributed by atoms with Gasteiger partial charge >= 0.3 is 0 Å². The monoisotopic (exact) mass is 189 g/mol. The maximum Gasteiger partial charge on any atom is 0.281 e. The second kappa shape index (κ2) is 2.83. The molecule has 0 saturated carbocycles. The molecule has 2 rings (SSSR count). The summed E-state index contributed by atoms with van der Waals surface area (Å²) in [6.07, 6.45) is 1.69. The number of hydrogen-bond acceptors (Lipinski definition) is 3. The summed E-state index contributed by atoms with van der Waals surface area (Å²) < 4.78 is 1.45. The van der Waals surface area contributed by atoms with Crippen molar-refractivity contribution in [2.75, 3.05) is 5.73 Å². The second-order valence-corrected chi connectivity index (χ2v) is 3.35. The van der Waals surface area contributed by atoms with Crippen molar-refractivity contribution >= 4 is 11.3 Å². The summed E-state index contributed by atoms with van der Waals surface area (Å²) in [4.78, 5) is 15.9. The zero-order valence-electron chi connectivity index (χ0n) is 8.11. The Morgan fingerprint density at radius 2 is 2.14 bits per heavy atom. The number of aryl methyl sites for hydroxylation is 2. The van der Waals surface area contributed by atoms with Crippen LogP contribution in [-0.4, -0.2) is 9.38 Å². The Morgan fingerprint density at radius 1 is 1.43 bits per heavy atom. The third-order valence-corrected chi connectivity index (χ3v) is 2.21. The summed E-state index contributed by atoms with van der Waals surface area (Å²) in [5, 5.41) is 0. The number of aromatic nitrogens is 2. The highest BCUT2D eigenvalue weighted by Crippen LogP contribution is 2.06. The van der Waals surface area contributed by atoms with E-state index < -0.39 is 0 Å². The molecule has 2 aromatic rings. The third-order valence-electron chi connectivity index (χ3n) is 2.21. The van der Waals surface area contributed by atoms with Gasteiger partial charge in [0.25, 0.3) is 5.56 Å². The van der Waals surface area contributed by atoms with Crippen LogP contribution in [0.15, 0.2) is 23.1 Å². The van der Waals surface area contributed by atoms with Crippen molar-refractivity contribution < 1.29 is 0 Å². The van der Waals surface area contributed by atoms with E-state index in [4.69, 9.17) is 5.73 Å². The molecule has 0 spiro atoms. The highest BCUT2D eigenvalue weighted by atomic mass is 16.1. The van der Waals surface area contributed by atoms with Crippen LogP contribution in [0.4, 0.5) is 5.69 Å². The minimum Gasteiger partial charge on any atom is -0.393 e. The molecule has 0 unspecified atom stereocenters. The molecule has 2 aromatic heterocycles. The number of rotatable bonds is 0. The number of hydrogen-bond donors (Lipinski definition) is 1. The van der Waals surface area contributed by atoms with Crippen molar-refractivity contribution in [1.29, 1.82) is 0 Å². The summed E-state index contributed by atoms with van der Waals surface area (Å²) in [6.45, 7) is 3.69. The third kappa shape index (κ3) is 1.16. The maximum atomic E-state index is 11.7. The molecule has 2 N–H and O–H groups in total. The van der Waals surface area contributed by atoms with Gasteiger partial charge in [0.05, 0.1) is 5.69 Å². The Morgan fingerprint density at radius 3 is 2.86 bits per heavy atom. The van der Waals surface area contributed by atoms with Crippen LogP contribution in [0.25, 0.3) is 5.65 Å². The van der Waals surface area contributed by atoms with Gasteiger partial charge < -0.3 is 5.73 Å². The normalized spacial score (nSPS) is 10.7. The summed E-state index contributed by atoms with van der Waals surface area (Å²) in [6, 6.07) is 3.71. The first-order valence-electron chi connectivity index (χ1n) is 4.34. The predicted molar refractivity (Wildman–Crippen MR) is 55.3 cm³/mol. The van der Waals surface area contributed by atoms with Crippen LogP contribution in [-0.2, 0) is 0 Å². The van der Waals surface area contributed by atoms with Gasteiger partial charge in [-0.3, -0.25) is 9.20 Å². The van der Waals surface area contributed by atoms with Crippen LogP contribution in [0.3, 0.4) is 0 Å². The molecule has 0 amide bonds. The molecule has 4 nitrogen and oxygen atoms in total. The van der Waals surface area contributed by atoms with Crippen molar-refractivity contribution in [2.24, 2.45) is 0 Å². The van der Waals surface area contributed by atoms with E-state index in [-0.39, 0.29) is 11.2 Å². The lowest BCUT2D eigenvalue weighted by Crippen LogP contribution is -2.20. The molecule has 0 saturated heterocycles. The van der Waals surface area contributed by atoms with Crippen LogP contribution < -0.4 is 11.3 Å². The van der Waals surface area contributed by atoms with Crippen molar-refractivity contribution in [2.45, 2.75) is 13.8 Å². The second-order valence-electron chi connectivity index (χ2n) is 3.35. The van der Waals surface area contributed by atoms with Crippen molar-refractivity contribution in [3.63, 3.8) is 0 Å². The van der Waals surface area contributed by atoms with E-state index in [2.05, 4.69) is 4.98 Å². The molecule has 72 valence electrons. The van der Waals surface area contributed by atoms with Gasteiger partial charge in [0.2, 0.25) is 0 Å². The van der Waals surface area contributed by atoms with Crippen molar-refractivity contribution in [1.82, 2.24) is 9.38 Å². The van der Waals surface area contributed by atoms with Gasteiger partial charge in [0, 0.05) is 6.20 Å². The average molecular weight is 189 g/mol. The zero-order valence-corrected chi connectivity index (χ0v) is 8.11. The first-order chi connectivity index (χ1) is 6.59. The summed E-state index contributed by atoms with van der Waals surface area (Å²) in [7, 11) is 0. The SMILES string of the molecule is Cc1ccn2c(=O)c(N)c(C)nc2c1. The smallest absolute Gasteiger partial charge is 0.281 e. The van der Waals surface area contributed by atoms with E-state index in [1.165, 1.54) is 4.40 Å². The number of nitrogens with zero attached hydrogens (tertiary/aromatic N) is 2. The molecule has 14 heavy (non-hydrogen) atoms. The molecule has 0 atom stereocenters. The molecule has 0 aromatic carbocycles. The van der Waals surface area contributed by atoms with Crippen LogP contribution in [0.2, 0.25) is 0 Å². The van der Waals surface area contributed by atoms with E-state index in [1.54, 1.807) is 13.1 Å². The molecular formula is C10H11N3O. The predicted octanol–water partition coefficient (Wildman–Crippen LogP) is 0.894. The first kappa shape index (κ1) is 8.74. The lowest BCUT2D eigenvalue weighted by molar-refractivity contribution is 1.02. The Labute approximate surface area is 81.0 Å². The Kier molecular flexibility index (Phi) is 1.77. The van der Waals surface area contributed by atoms with Gasteiger partial charge in [-0.05, 0) is 31.5 Å². The average Bonchev–Trinajstić information content (AvgIpc) is 2.14. The van der Waals surface area contributed by atoms with Gasteiger partial charge in [-0.25, -0.2) is 4.98 Å². The fourth-order valence-electron chi connectivity index (χ4n) is 1.36. The zero-order chi connectivity index (χ0) is 10.3. The Bertz CT molecular complexity index is 557. The molecule has 2 heterocycles. The topological polar surface area (TPSA) is 60.4 Å². The van der Waals surface area contributed by atoms with Crippen LogP contribution >= 0.6 is 0 Å². The molecule has 4 heteroatoms. The molecule has 0 bridgehead atoms. The number of pyridine rings is 1. The fraction of sp³-hybridized carbons (Fsp3) is 0.200. The van der Waals surface area contributed by atoms with Gasteiger partial charge in [-0.15, -0.1) is 0 Å². The van der Waals surface area contributed by atoms with Crippen LogP contribution in [0.5, 0.6) is 0 Å². The maximum absolute atomic E-state index is 11.7. The minimum atomic E-state index is -0.201. The summed E-state index contributed by atoms with van der Waals surface area (Å²) in [5.74, 6) is 0. The van der Waals surface area contributed by atoms with Crippen LogP contribution in [0.1, 0.15) is 11.3 Å². The lowest BCUT2D eigenvalue weighted by atomic mass is 10.3. The molecular weight excluding hydrogens is 178 g/mol. The van der Waals surface area contributed by atoms with Gasteiger partial charge in [-0.1, -0.05) is 0 Å². The Hall–Kier alpha value is -1.84. The largest absolute Gasteiger partial charge is 0.393 e. The summed E-state index contributed by atoms with van der Waals surface area (Å²) in [5.41, 5.74) is 7.90. The Balaban J connectivity index is 2.98. The molecule has 0 aliphatic carbocycles. The van der Waals surface area contributed by atoms with E-state index in [9.17, 15) is 4.79 Å². The lowest BCUT2D eigenvalue weighted by Gasteiger charge is -2.04. The minimum absolute atomic E-state index is 0.201. The molecule has 0 aliphatic rings. The molecule has 0 radical (unpaired) electrons. The highest BCUT2D eigenvalue weighted by Gasteiger charge is 2.04. The summed E-state index contributed by atoms with van der Waals surface area (Å²) >= 11 is 0. The van der Waals surface area contributed by atoms with Crippen LogP contribution in [0, 0.1) is 13.8 Å². The highest BCUT2D eigenvalue weighted by molar-refractivity contribution is 5.49.